The molecule has 7 heteroatoms. The van der Waals surface area contributed by atoms with Gasteiger partial charge in [0.15, 0.2) is 0 Å². The Hall–Kier alpha value is -0.620. The number of hydrogen-bond donors (Lipinski definition) is 0. The van der Waals surface area contributed by atoms with Crippen LogP contribution in [0.4, 0.5) is 0 Å². The molecule has 0 radical (unpaired) electrons. The van der Waals surface area contributed by atoms with Crippen molar-refractivity contribution in [2.75, 3.05) is 0 Å². The van der Waals surface area contributed by atoms with Crippen molar-refractivity contribution in [1.82, 2.24) is 15.0 Å². The quantitative estimate of drug-likeness (QED) is 0.735. The molecule has 0 aromatic carbocycles. The summed E-state index contributed by atoms with van der Waals surface area (Å²) in [6.45, 7) is 4.82. The first-order valence-electron chi connectivity index (χ1n) is 5.31. The molecule has 0 unspecified atom stereocenters. The van der Waals surface area contributed by atoms with Gasteiger partial charge in [0.25, 0.3) is 0 Å². The maximum atomic E-state index is 11.0. The van der Waals surface area contributed by atoms with Gasteiger partial charge in [-0.3, -0.25) is 0 Å². The third kappa shape index (κ3) is 3.75. The fourth-order valence-electron chi connectivity index (χ4n) is 1.55. The number of nitrogens with zero attached hydrogens (tertiary/aromatic N) is 3. The van der Waals surface area contributed by atoms with Crippen LogP contribution in [0.1, 0.15) is 38.1 Å². The average molecular weight is 266 g/mol. The summed E-state index contributed by atoms with van der Waals surface area (Å²) in [5.41, 5.74) is 1.36. The summed E-state index contributed by atoms with van der Waals surface area (Å²) in [7, 11) is 1.66. The maximum absolute atomic E-state index is 11.0. The smallest absolute Gasteiger partial charge is 0.238 e. The van der Waals surface area contributed by atoms with E-state index in [2.05, 4.69) is 10.3 Å². The van der Waals surface area contributed by atoms with Crippen molar-refractivity contribution in [3.05, 3.63) is 11.4 Å². The summed E-state index contributed by atoms with van der Waals surface area (Å²) in [6, 6.07) is 0. The molecule has 1 aromatic heterocycles. The van der Waals surface area contributed by atoms with E-state index >= 15 is 0 Å². The molecule has 0 aliphatic heterocycles. The summed E-state index contributed by atoms with van der Waals surface area (Å²) in [5, 5.41) is 7.84. The van der Waals surface area contributed by atoms with Gasteiger partial charge in [-0.05, 0) is 12.8 Å². The number of halogens is 1. The Morgan fingerprint density at radius 2 is 2.00 bits per heavy atom. The van der Waals surface area contributed by atoms with Crippen LogP contribution in [0.25, 0.3) is 0 Å². The first-order valence-corrected chi connectivity index (χ1v) is 7.79. The summed E-state index contributed by atoms with van der Waals surface area (Å²) in [6.07, 6.45) is 2.63. The minimum Gasteiger partial charge on any atom is -0.249 e. The summed E-state index contributed by atoms with van der Waals surface area (Å²) in [4.78, 5) is 0. The lowest BCUT2D eigenvalue weighted by Gasteiger charge is -2.04. The predicted octanol–water partition coefficient (Wildman–Crippen LogP) is 1.71. The molecule has 0 fully saturated rings. The number of hydrogen-bond acceptors (Lipinski definition) is 4. The Balaban J connectivity index is 2.99. The third-order valence-electron chi connectivity index (χ3n) is 2.15. The van der Waals surface area contributed by atoms with Gasteiger partial charge in [-0.15, -0.1) is 5.10 Å². The Morgan fingerprint density at radius 1 is 1.31 bits per heavy atom. The molecule has 1 heterocycles. The fraction of sp³-hybridized carbons (Fsp3) is 0.778. The highest BCUT2D eigenvalue weighted by Gasteiger charge is 2.17. The van der Waals surface area contributed by atoms with Crippen molar-refractivity contribution in [3.63, 3.8) is 0 Å². The standard InChI is InChI=1S/C9H16ClN3O2S/c1-3-5-9-8(7-16(10,14)15)11-12-13(9)6-4-2/h3-7H2,1-2H3. The van der Waals surface area contributed by atoms with Gasteiger partial charge in [-0.1, -0.05) is 25.5 Å². The Bertz CT molecular complexity index is 442. The van der Waals surface area contributed by atoms with Crippen molar-refractivity contribution in [2.45, 2.75) is 45.4 Å². The molecule has 1 rings (SSSR count). The van der Waals surface area contributed by atoms with Gasteiger partial charge in [-0.25, -0.2) is 13.1 Å². The fourth-order valence-corrected chi connectivity index (χ4v) is 2.41. The molecule has 0 saturated heterocycles. The molecule has 92 valence electrons. The second-order valence-corrected chi connectivity index (χ2v) is 6.42. The Labute approximate surface area is 100 Å². The van der Waals surface area contributed by atoms with E-state index in [1.165, 1.54) is 0 Å². The van der Waals surface area contributed by atoms with Gasteiger partial charge in [0.2, 0.25) is 9.05 Å². The van der Waals surface area contributed by atoms with E-state index in [4.69, 9.17) is 10.7 Å². The van der Waals surface area contributed by atoms with E-state index in [0.717, 1.165) is 31.5 Å². The summed E-state index contributed by atoms with van der Waals surface area (Å²) in [5.74, 6) is -0.242. The van der Waals surface area contributed by atoms with Crippen LogP contribution in [0.5, 0.6) is 0 Å². The SMILES string of the molecule is CCCc1c(CS(=O)(=O)Cl)nnn1CCC. The molecule has 0 amide bonds. The molecule has 0 N–H and O–H groups in total. The topological polar surface area (TPSA) is 64.8 Å². The zero-order valence-electron chi connectivity index (χ0n) is 9.48. The van der Waals surface area contributed by atoms with Gasteiger partial charge in [0, 0.05) is 17.2 Å². The monoisotopic (exact) mass is 265 g/mol. The van der Waals surface area contributed by atoms with E-state index in [9.17, 15) is 8.42 Å². The maximum Gasteiger partial charge on any atom is 0.238 e. The molecular weight excluding hydrogens is 250 g/mol. The zero-order chi connectivity index (χ0) is 12.2. The molecule has 1 aromatic rings. The van der Waals surface area contributed by atoms with Gasteiger partial charge in [-0.2, -0.15) is 0 Å². The van der Waals surface area contributed by atoms with Crippen LogP contribution < -0.4 is 0 Å². The van der Waals surface area contributed by atoms with Crippen molar-refractivity contribution in [1.29, 1.82) is 0 Å². The van der Waals surface area contributed by atoms with Crippen LogP contribution in [-0.4, -0.2) is 23.4 Å². The average Bonchev–Trinajstić information content (AvgIpc) is 2.49. The van der Waals surface area contributed by atoms with Crippen LogP contribution in [0, 0.1) is 0 Å². The molecule has 0 spiro atoms. The minimum atomic E-state index is -3.56. The van der Waals surface area contributed by atoms with Crippen LogP contribution >= 0.6 is 10.7 Å². The highest BCUT2D eigenvalue weighted by molar-refractivity contribution is 8.13. The van der Waals surface area contributed by atoms with Gasteiger partial charge in [0.1, 0.15) is 11.4 Å². The molecule has 0 atom stereocenters. The first kappa shape index (κ1) is 13.4. The van der Waals surface area contributed by atoms with Crippen molar-refractivity contribution in [2.24, 2.45) is 0 Å². The lowest BCUT2D eigenvalue weighted by atomic mass is 10.2. The van der Waals surface area contributed by atoms with Gasteiger partial charge >= 0.3 is 0 Å². The minimum absolute atomic E-state index is 0.242. The van der Waals surface area contributed by atoms with Crippen molar-refractivity contribution >= 4 is 19.7 Å². The highest BCUT2D eigenvalue weighted by atomic mass is 35.7. The molecular formula is C9H16ClN3O2S. The zero-order valence-corrected chi connectivity index (χ0v) is 11.1. The highest BCUT2D eigenvalue weighted by Crippen LogP contribution is 2.14. The number of aromatic nitrogens is 3. The normalized spacial score (nSPS) is 11.9. The van der Waals surface area contributed by atoms with E-state index in [1.807, 2.05) is 13.8 Å². The molecule has 0 saturated carbocycles. The predicted molar refractivity (Wildman–Crippen MR) is 62.8 cm³/mol. The molecule has 0 bridgehead atoms. The third-order valence-corrected chi connectivity index (χ3v) is 3.09. The molecule has 0 aliphatic carbocycles. The van der Waals surface area contributed by atoms with Crippen LogP contribution in [-0.2, 0) is 27.8 Å². The summed E-state index contributed by atoms with van der Waals surface area (Å²) < 4.78 is 23.8. The Kier molecular flexibility index (Phi) is 4.73. The van der Waals surface area contributed by atoms with Crippen molar-refractivity contribution < 1.29 is 8.42 Å². The number of aryl methyl sites for hydroxylation is 1. The van der Waals surface area contributed by atoms with Crippen LogP contribution in [0.15, 0.2) is 0 Å². The van der Waals surface area contributed by atoms with E-state index < -0.39 is 9.05 Å². The van der Waals surface area contributed by atoms with E-state index in [0.29, 0.717) is 5.69 Å². The molecule has 5 nitrogen and oxygen atoms in total. The second kappa shape index (κ2) is 5.63. The van der Waals surface area contributed by atoms with Gasteiger partial charge < -0.3 is 0 Å². The van der Waals surface area contributed by atoms with E-state index in [-0.39, 0.29) is 5.75 Å². The van der Waals surface area contributed by atoms with Crippen LogP contribution in [0.2, 0.25) is 0 Å². The summed E-state index contributed by atoms with van der Waals surface area (Å²) >= 11 is 0. The van der Waals surface area contributed by atoms with E-state index in [1.54, 1.807) is 4.68 Å². The van der Waals surface area contributed by atoms with Gasteiger partial charge in [0.05, 0.1) is 5.69 Å². The first-order chi connectivity index (χ1) is 7.48. The van der Waals surface area contributed by atoms with Crippen LogP contribution in [0.3, 0.4) is 0 Å². The largest absolute Gasteiger partial charge is 0.249 e. The Morgan fingerprint density at radius 3 is 2.50 bits per heavy atom. The lowest BCUT2D eigenvalue weighted by molar-refractivity contribution is 0.552. The molecule has 0 aliphatic rings. The van der Waals surface area contributed by atoms with Crippen molar-refractivity contribution in [3.8, 4) is 0 Å². The second-order valence-electron chi connectivity index (χ2n) is 3.64. The lowest BCUT2D eigenvalue weighted by Crippen LogP contribution is -2.06. The number of rotatable bonds is 6. The molecule has 16 heavy (non-hydrogen) atoms.